The van der Waals surface area contributed by atoms with Crippen molar-refractivity contribution in [3.05, 3.63) is 20.1 Å². The highest BCUT2D eigenvalue weighted by Crippen LogP contribution is 2.40. The Morgan fingerprint density at radius 3 is 2.09 bits per heavy atom. The van der Waals surface area contributed by atoms with Crippen LogP contribution in [0.25, 0.3) is 0 Å². The molecule has 11 heavy (non-hydrogen) atoms. The summed E-state index contributed by atoms with van der Waals surface area (Å²) in [6, 6.07) is 0. The number of rotatable bonds is 0. The van der Waals surface area contributed by atoms with Crippen molar-refractivity contribution in [1.82, 2.24) is 0 Å². The molecule has 0 nitrogen and oxygen atoms in total. The van der Waals surface area contributed by atoms with Crippen LogP contribution >= 0.6 is 58.0 Å². The molecule has 0 heterocycles. The second kappa shape index (κ2) is 3.76. The zero-order valence-electron chi connectivity index (χ0n) is 5.17. The van der Waals surface area contributed by atoms with Gasteiger partial charge in [0.2, 0.25) is 0 Å². The van der Waals surface area contributed by atoms with Gasteiger partial charge in [-0.2, -0.15) is 0 Å². The van der Waals surface area contributed by atoms with E-state index in [9.17, 15) is 0 Å². The first-order valence-electron chi connectivity index (χ1n) is 2.77. The van der Waals surface area contributed by atoms with Crippen LogP contribution in [-0.4, -0.2) is 5.38 Å². The maximum Gasteiger partial charge on any atom is 0.0764 e. The standard InChI is InChI=1S/C6H3Cl5/c7-2-1-3(8)5(10)6(11)4(2)9/h2H,1H2. The van der Waals surface area contributed by atoms with Crippen LogP contribution in [0.15, 0.2) is 20.1 Å². The molecule has 0 fully saturated rings. The fourth-order valence-electron chi connectivity index (χ4n) is 0.698. The van der Waals surface area contributed by atoms with Crippen molar-refractivity contribution < 1.29 is 0 Å². The molecule has 1 aliphatic rings. The van der Waals surface area contributed by atoms with Crippen molar-refractivity contribution in [3.8, 4) is 0 Å². The molecule has 1 atom stereocenters. The third kappa shape index (κ3) is 1.99. The smallest absolute Gasteiger partial charge is 0.0764 e. The molecule has 0 radical (unpaired) electrons. The van der Waals surface area contributed by atoms with Gasteiger partial charge in [0.1, 0.15) is 0 Å². The molecular weight excluding hydrogens is 249 g/mol. The number of halogens is 5. The van der Waals surface area contributed by atoms with Crippen LogP contribution in [-0.2, 0) is 0 Å². The lowest BCUT2D eigenvalue weighted by molar-refractivity contribution is 0.997. The van der Waals surface area contributed by atoms with Gasteiger partial charge in [-0.1, -0.05) is 46.4 Å². The van der Waals surface area contributed by atoms with Gasteiger partial charge >= 0.3 is 0 Å². The quantitative estimate of drug-likeness (QED) is 0.561. The fourth-order valence-corrected chi connectivity index (χ4v) is 2.04. The van der Waals surface area contributed by atoms with E-state index in [1.165, 1.54) is 0 Å². The van der Waals surface area contributed by atoms with E-state index in [4.69, 9.17) is 58.0 Å². The molecule has 0 spiro atoms. The lowest BCUT2D eigenvalue weighted by atomic mass is 10.2. The molecule has 0 aromatic carbocycles. The Kier molecular flexibility index (Phi) is 3.42. The van der Waals surface area contributed by atoms with Crippen LogP contribution in [0.5, 0.6) is 0 Å². The van der Waals surface area contributed by atoms with Crippen LogP contribution in [0.2, 0.25) is 0 Å². The van der Waals surface area contributed by atoms with Gasteiger partial charge in [-0.25, -0.2) is 0 Å². The second-order valence-corrected chi connectivity index (χ2v) is 4.20. The van der Waals surface area contributed by atoms with E-state index in [1.54, 1.807) is 0 Å². The normalized spacial score (nSPS) is 26.5. The van der Waals surface area contributed by atoms with Gasteiger partial charge in [0.15, 0.2) is 0 Å². The Balaban J connectivity index is 3.07. The van der Waals surface area contributed by atoms with Crippen molar-refractivity contribution in [2.45, 2.75) is 11.8 Å². The molecule has 0 aromatic heterocycles. The summed E-state index contributed by atoms with van der Waals surface area (Å²) in [4.78, 5) is 0. The number of hydrogen-bond donors (Lipinski definition) is 0. The fraction of sp³-hybridized carbons (Fsp3) is 0.333. The van der Waals surface area contributed by atoms with E-state index in [0.29, 0.717) is 21.5 Å². The summed E-state index contributed by atoms with van der Waals surface area (Å²) in [6.45, 7) is 0. The summed E-state index contributed by atoms with van der Waals surface area (Å²) in [5.41, 5.74) is 0. The maximum absolute atomic E-state index is 5.77. The third-order valence-corrected chi connectivity index (χ3v) is 3.65. The van der Waals surface area contributed by atoms with E-state index >= 15 is 0 Å². The van der Waals surface area contributed by atoms with Crippen molar-refractivity contribution in [3.63, 3.8) is 0 Å². The summed E-state index contributed by atoms with van der Waals surface area (Å²) in [5.74, 6) is 0. The molecule has 0 aliphatic heterocycles. The number of hydrogen-bond acceptors (Lipinski definition) is 0. The molecule has 62 valence electrons. The molecule has 5 heteroatoms. The van der Waals surface area contributed by atoms with E-state index < -0.39 is 0 Å². The predicted octanol–water partition coefficient (Wildman–Crippen LogP) is 4.38. The first kappa shape index (κ1) is 10.0. The molecular formula is C6H3Cl5. The van der Waals surface area contributed by atoms with E-state index in [0.717, 1.165) is 0 Å². The molecule has 0 saturated carbocycles. The molecule has 0 N–H and O–H groups in total. The van der Waals surface area contributed by atoms with Gasteiger partial charge in [0, 0.05) is 11.5 Å². The highest BCUT2D eigenvalue weighted by Gasteiger charge is 2.24. The summed E-state index contributed by atoms with van der Waals surface area (Å²) in [6.07, 6.45) is 0.441. The van der Waals surface area contributed by atoms with Crippen LogP contribution in [0, 0.1) is 0 Å². The number of allylic oxidation sites excluding steroid dienone is 4. The molecule has 0 saturated heterocycles. The lowest BCUT2D eigenvalue weighted by Crippen LogP contribution is -2.06. The lowest BCUT2D eigenvalue weighted by Gasteiger charge is -2.16. The molecule has 1 aliphatic carbocycles. The Morgan fingerprint density at radius 1 is 1.00 bits per heavy atom. The van der Waals surface area contributed by atoms with E-state index in [-0.39, 0.29) is 10.4 Å². The van der Waals surface area contributed by atoms with E-state index in [2.05, 4.69) is 0 Å². The van der Waals surface area contributed by atoms with Crippen molar-refractivity contribution in [2.24, 2.45) is 0 Å². The van der Waals surface area contributed by atoms with Crippen LogP contribution in [0.4, 0.5) is 0 Å². The summed E-state index contributed by atoms with van der Waals surface area (Å²) in [7, 11) is 0. The van der Waals surface area contributed by atoms with Crippen molar-refractivity contribution >= 4 is 58.0 Å². The van der Waals surface area contributed by atoms with Gasteiger partial charge in [0.05, 0.1) is 20.5 Å². The molecule has 1 unspecified atom stereocenters. The predicted molar refractivity (Wildman–Crippen MR) is 51.7 cm³/mol. The highest BCUT2D eigenvalue weighted by atomic mass is 35.5. The second-order valence-electron chi connectivity index (χ2n) is 2.05. The average Bonchev–Trinajstić information content (AvgIpc) is 1.97. The van der Waals surface area contributed by atoms with Gasteiger partial charge in [0.25, 0.3) is 0 Å². The number of alkyl halides is 1. The third-order valence-electron chi connectivity index (χ3n) is 1.27. The summed E-state index contributed by atoms with van der Waals surface area (Å²) < 4.78 is 0. The largest absolute Gasteiger partial charge is 0.116 e. The zero-order chi connectivity index (χ0) is 8.59. The topological polar surface area (TPSA) is 0 Å². The van der Waals surface area contributed by atoms with Crippen LogP contribution in [0.3, 0.4) is 0 Å². The summed E-state index contributed by atoms with van der Waals surface area (Å²) in [5, 5.41) is 1.03. The van der Waals surface area contributed by atoms with E-state index in [1.807, 2.05) is 0 Å². The zero-order valence-corrected chi connectivity index (χ0v) is 8.95. The average molecular weight is 252 g/mol. The highest BCUT2D eigenvalue weighted by molar-refractivity contribution is 6.53. The minimum absolute atomic E-state index is 0.254. The molecule has 0 aromatic rings. The van der Waals surface area contributed by atoms with Gasteiger partial charge in [-0.3, -0.25) is 0 Å². The Hall–Kier alpha value is 0.930. The van der Waals surface area contributed by atoms with Crippen molar-refractivity contribution in [2.75, 3.05) is 0 Å². The first-order chi connectivity index (χ1) is 5.04. The van der Waals surface area contributed by atoms with Gasteiger partial charge in [-0.15, -0.1) is 11.6 Å². The Labute approximate surface area is 89.7 Å². The minimum atomic E-state index is -0.348. The molecule has 1 rings (SSSR count). The van der Waals surface area contributed by atoms with Crippen LogP contribution in [0.1, 0.15) is 6.42 Å². The first-order valence-corrected chi connectivity index (χ1v) is 4.72. The summed E-state index contributed by atoms with van der Waals surface area (Å²) >= 11 is 28.6. The maximum atomic E-state index is 5.77. The van der Waals surface area contributed by atoms with Crippen LogP contribution < -0.4 is 0 Å². The Morgan fingerprint density at radius 2 is 1.55 bits per heavy atom. The van der Waals surface area contributed by atoms with Gasteiger partial charge in [-0.05, 0) is 0 Å². The van der Waals surface area contributed by atoms with Gasteiger partial charge < -0.3 is 0 Å². The molecule has 0 bridgehead atoms. The van der Waals surface area contributed by atoms with Crippen molar-refractivity contribution in [1.29, 1.82) is 0 Å². The molecule has 0 amide bonds. The SMILES string of the molecule is ClC1=C(Cl)C(Cl)=C(Cl)C(Cl)C1. The Bertz CT molecular complexity index is 239. The monoisotopic (exact) mass is 250 g/mol. The minimum Gasteiger partial charge on any atom is -0.116 e.